The Kier molecular flexibility index (Phi) is 5.10. The number of carbonyl (C=O) groups excluding carboxylic acids is 1. The Balaban J connectivity index is 1.77. The van der Waals surface area contributed by atoms with E-state index in [0.29, 0.717) is 37.5 Å². The molecule has 25 heavy (non-hydrogen) atoms. The number of hydrogen-bond donors (Lipinski definition) is 1. The van der Waals surface area contributed by atoms with Crippen LogP contribution >= 0.6 is 0 Å². The van der Waals surface area contributed by atoms with Gasteiger partial charge in [0, 0.05) is 32.4 Å². The van der Waals surface area contributed by atoms with Gasteiger partial charge in [0.1, 0.15) is 16.3 Å². The number of nitrogens with one attached hydrogen (secondary N) is 1. The minimum atomic E-state index is -3.67. The molecule has 0 bridgehead atoms. The van der Waals surface area contributed by atoms with Crippen LogP contribution in [0.1, 0.15) is 16.9 Å². The van der Waals surface area contributed by atoms with Crippen LogP contribution in [0, 0.1) is 0 Å². The van der Waals surface area contributed by atoms with Crippen molar-refractivity contribution in [1.82, 2.24) is 14.2 Å². The van der Waals surface area contributed by atoms with Crippen LogP contribution in [0.3, 0.4) is 0 Å². The molecule has 0 radical (unpaired) electrons. The second-order valence-electron chi connectivity index (χ2n) is 5.78. The van der Waals surface area contributed by atoms with E-state index in [1.807, 2.05) is 0 Å². The van der Waals surface area contributed by atoms with Gasteiger partial charge in [0.05, 0.1) is 7.11 Å². The van der Waals surface area contributed by atoms with Crippen LogP contribution in [0.5, 0.6) is 5.75 Å². The van der Waals surface area contributed by atoms with Crippen LogP contribution in [0.25, 0.3) is 0 Å². The molecule has 1 saturated heterocycles. The van der Waals surface area contributed by atoms with Crippen molar-refractivity contribution in [2.75, 3.05) is 33.3 Å². The number of sulfonamides is 1. The normalized spacial score (nSPS) is 16.4. The Labute approximate surface area is 147 Å². The van der Waals surface area contributed by atoms with E-state index in [1.165, 1.54) is 11.4 Å². The second kappa shape index (κ2) is 7.28. The highest BCUT2D eigenvalue weighted by molar-refractivity contribution is 7.89. The number of methoxy groups -OCH3 is 1. The molecule has 2 aromatic rings. The molecule has 0 saturated carbocycles. The van der Waals surface area contributed by atoms with Crippen molar-refractivity contribution in [1.29, 1.82) is 0 Å². The third kappa shape index (κ3) is 3.54. The molecule has 1 aromatic heterocycles. The zero-order valence-corrected chi connectivity index (χ0v) is 14.8. The van der Waals surface area contributed by atoms with E-state index in [0.717, 1.165) is 0 Å². The molecule has 1 N–H and O–H groups in total. The van der Waals surface area contributed by atoms with Gasteiger partial charge in [-0.05, 0) is 30.7 Å². The van der Waals surface area contributed by atoms with Crippen molar-refractivity contribution >= 4 is 15.9 Å². The molecule has 0 aliphatic carbocycles. The molecular formula is C17H21N3O4S. The Morgan fingerprint density at radius 2 is 1.88 bits per heavy atom. The molecule has 1 amide bonds. The minimum absolute atomic E-state index is 0.110. The first-order chi connectivity index (χ1) is 12.0. The van der Waals surface area contributed by atoms with Gasteiger partial charge >= 0.3 is 0 Å². The van der Waals surface area contributed by atoms with Crippen molar-refractivity contribution in [2.24, 2.45) is 0 Å². The Morgan fingerprint density at radius 1 is 1.08 bits per heavy atom. The number of hydrogen-bond acceptors (Lipinski definition) is 4. The van der Waals surface area contributed by atoms with Crippen molar-refractivity contribution in [3.8, 4) is 5.75 Å². The maximum absolute atomic E-state index is 13.0. The molecule has 1 aromatic carbocycles. The van der Waals surface area contributed by atoms with Gasteiger partial charge in [0.2, 0.25) is 10.0 Å². The summed E-state index contributed by atoms with van der Waals surface area (Å²) >= 11 is 0. The predicted octanol–water partition coefficient (Wildman–Crippen LogP) is 1.56. The lowest BCUT2D eigenvalue weighted by atomic mass is 10.3. The molecule has 134 valence electrons. The van der Waals surface area contributed by atoms with E-state index in [-0.39, 0.29) is 17.3 Å². The quantitative estimate of drug-likeness (QED) is 0.894. The number of benzene rings is 1. The maximum Gasteiger partial charge on any atom is 0.270 e. The van der Waals surface area contributed by atoms with E-state index >= 15 is 0 Å². The number of carbonyl (C=O) groups is 1. The fourth-order valence-corrected chi connectivity index (χ4v) is 4.57. The number of amides is 1. The number of rotatable bonds is 4. The maximum atomic E-state index is 13.0. The number of aromatic amines is 1. The molecular weight excluding hydrogens is 342 g/mol. The SMILES string of the molecule is COc1ccccc1S(=O)(=O)N1CCCN(C(=O)c2ccc[nH]2)CC1. The summed E-state index contributed by atoms with van der Waals surface area (Å²) in [6, 6.07) is 10.1. The van der Waals surface area contributed by atoms with Crippen molar-refractivity contribution in [3.05, 3.63) is 48.3 Å². The highest BCUT2D eigenvalue weighted by Crippen LogP contribution is 2.27. The molecule has 2 heterocycles. The largest absolute Gasteiger partial charge is 0.495 e. The van der Waals surface area contributed by atoms with Gasteiger partial charge < -0.3 is 14.6 Å². The number of para-hydroxylation sites is 1. The fourth-order valence-electron chi connectivity index (χ4n) is 2.94. The third-order valence-electron chi connectivity index (χ3n) is 4.26. The summed E-state index contributed by atoms with van der Waals surface area (Å²) < 4.78 is 32.5. The Hall–Kier alpha value is -2.32. The van der Waals surface area contributed by atoms with Crippen LogP contribution in [0.4, 0.5) is 0 Å². The lowest BCUT2D eigenvalue weighted by Gasteiger charge is -2.22. The van der Waals surface area contributed by atoms with E-state index in [9.17, 15) is 13.2 Å². The van der Waals surface area contributed by atoms with Crippen molar-refractivity contribution in [2.45, 2.75) is 11.3 Å². The highest BCUT2D eigenvalue weighted by Gasteiger charge is 2.30. The lowest BCUT2D eigenvalue weighted by molar-refractivity contribution is 0.0759. The zero-order chi connectivity index (χ0) is 17.9. The van der Waals surface area contributed by atoms with Crippen LogP contribution in [-0.4, -0.2) is 61.8 Å². The summed E-state index contributed by atoms with van der Waals surface area (Å²) in [5.74, 6) is 0.215. The van der Waals surface area contributed by atoms with Gasteiger partial charge in [0.25, 0.3) is 5.91 Å². The Bertz CT molecular complexity index is 833. The molecule has 1 aliphatic rings. The van der Waals surface area contributed by atoms with Crippen LogP contribution in [0.2, 0.25) is 0 Å². The van der Waals surface area contributed by atoms with Crippen molar-refractivity contribution < 1.29 is 17.9 Å². The average molecular weight is 363 g/mol. The number of aromatic nitrogens is 1. The highest BCUT2D eigenvalue weighted by atomic mass is 32.2. The molecule has 1 fully saturated rings. The summed E-state index contributed by atoms with van der Waals surface area (Å²) in [4.78, 5) is 17.2. The summed E-state index contributed by atoms with van der Waals surface area (Å²) in [5.41, 5.74) is 0.515. The Morgan fingerprint density at radius 3 is 2.60 bits per heavy atom. The summed E-state index contributed by atoms with van der Waals surface area (Å²) in [6.07, 6.45) is 2.28. The number of H-pyrrole nitrogens is 1. The fraction of sp³-hybridized carbons (Fsp3) is 0.353. The first kappa shape index (κ1) is 17.5. The number of nitrogens with zero attached hydrogens (tertiary/aromatic N) is 2. The summed E-state index contributed by atoms with van der Waals surface area (Å²) in [7, 11) is -2.22. The second-order valence-corrected chi connectivity index (χ2v) is 7.69. The van der Waals surface area contributed by atoms with E-state index in [1.54, 1.807) is 47.5 Å². The van der Waals surface area contributed by atoms with Gasteiger partial charge in [0.15, 0.2) is 0 Å². The number of ether oxygens (including phenoxy) is 1. The van der Waals surface area contributed by atoms with E-state index in [2.05, 4.69) is 4.98 Å². The van der Waals surface area contributed by atoms with Crippen LogP contribution in [0.15, 0.2) is 47.5 Å². The van der Waals surface area contributed by atoms with Crippen LogP contribution < -0.4 is 4.74 Å². The monoisotopic (exact) mass is 363 g/mol. The smallest absolute Gasteiger partial charge is 0.270 e. The molecule has 0 unspecified atom stereocenters. The minimum Gasteiger partial charge on any atom is -0.495 e. The van der Waals surface area contributed by atoms with Crippen molar-refractivity contribution in [3.63, 3.8) is 0 Å². The lowest BCUT2D eigenvalue weighted by Crippen LogP contribution is -2.37. The van der Waals surface area contributed by atoms with Gasteiger partial charge in [-0.15, -0.1) is 0 Å². The molecule has 8 heteroatoms. The van der Waals surface area contributed by atoms with Gasteiger partial charge in [-0.2, -0.15) is 4.31 Å². The predicted molar refractivity (Wildman–Crippen MR) is 93.1 cm³/mol. The molecule has 0 atom stereocenters. The first-order valence-corrected chi connectivity index (χ1v) is 9.54. The van der Waals surface area contributed by atoms with Crippen LogP contribution in [-0.2, 0) is 10.0 Å². The van der Waals surface area contributed by atoms with Gasteiger partial charge in [-0.25, -0.2) is 8.42 Å². The molecule has 7 nitrogen and oxygen atoms in total. The standard InChI is InChI=1S/C17H21N3O4S/c1-24-15-7-2-3-8-16(15)25(22,23)20-11-5-10-19(12-13-20)17(21)14-6-4-9-18-14/h2-4,6-9,18H,5,10-13H2,1H3. The van der Waals surface area contributed by atoms with E-state index in [4.69, 9.17) is 4.74 Å². The van der Waals surface area contributed by atoms with Gasteiger partial charge in [-0.1, -0.05) is 12.1 Å². The molecule has 3 rings (SSSR count). The van der Waals surface area contributed by atoms with Gasteiger partial charge in [-0.3, -0.25) is 4.79 Å². The zero-order valence-electron chi connectivity index (χ0n) is 14.0. The average Bonchev–Trinajstić information content (AvgIpc) is 3.05. The topological polar surface area (TPSA) is 82.7 Å². The molecule has 1 aliphatic heterocycles. The summed E-state index contributed by atoms with van der Waals surface area (Å²) in [5, 5.41) is 0. The molecule has 0 spiro atoms. The summed E-state index contributed by atoms with van der Waals surface area (Å²) in [6.45, 7) is 1.50. The third-order valence-corrected chi connectivity index (χ3v) is 6.20. The van der Waals surface area contributed by atoms with E-state index < -0.39 is 10.0 Å². The first-order valence-electron chi connectivity index (χ1n) is 8.10.